The second kappa shape index (κ2) is 10.4. The van der Waals surface area contributed by atoms with Crippen molar-refractivity contribution >= 4 is 16.8 Å². The lowest BCUT2D eigenvalue weighted by Crippen LogP contribution is -2.38. The van der Waals surface area contributed by atoms with Gasteiger partial charge in [-0.05, 0) is 67.9 Å². The number of amides is 1. The van der Waals surface area contributed by atoms with Crippen LogP contribution in [-0.2, 0) is 17.6 Å². The molecule has 1 saturated heterocycles. The number of methoxy groups -OCH3 is 1. The van der Waals surface area contributed by atoms with E-state index in [-0.39, 0.29) is 11.5 Å². The Morgan fingerprint density at radius 2 is 1.84 bits per heavy atom. The van der Waals surface area contributed by atoms with Gasteiger partial charge in [0.25, 0.3) is 5.56 Å². The molecule has 0 atom stereocenters. The fourth-order valence-electron chi connectivity index (χ4n) is 4.45. The van der Waals surface area contributed by atoms with Gasteiger partial charge in [0.1, 0.15) is 11.6 Å². The minimum absolute atomic E-state index is 0.117. The molecule has 0 bridgehead atoms. The van der Waals surface area contributed by atoms with Gasteiger partial charge in [-0.15, -0.1) is 0 Å². The van der Waals surface area contributed by atoms with Gasteiger partial charge in [-0.3, -0.25) is 9.59 Å². The highest BCUT2D eigenvalue weighted by molar-refractivity contribution is 5.77. The molecule has 1 aliphatic rings. The lowest BCUT2D eigenvalue weighted by Gasteiger charge is -2.32. The predicted molar refractivity (Wildman–Crippen MR) is 126 cm³/mol. The van der Waals surface area contributed by atoms with E-state index in [4.69, 9.17) is 4.74 Å². The third kappa shape index (κ3) is 5.55. The van der Waals surface area contributed by atoms with Gasteiger partial charge in [0.05, 0.1) is 18.0 Å². The first kappa shape index (κ1) is 22.1. The standard InChI is InChI=1S/C26H31N3O3/c1-32-21-13-11-19(12-14-21)9-10-20-15-17-29(18-16-20)25(30)8-4-7-24-27-23-6-3-2-5-22(23)26(31)28-24/h2-3,5-6,11-14,20H,4,7-10,15-18H2,1H3,(H,27,28,31). The Balaban J connectivity index is 1.19. The number of ether oxygens (including phenoxy) is 1. The van der Waals surface area contributed by atoms with E-state index in [9.17, 15) is 9.59 Å². The second-order valence-electron chi connectivity index (χ2n) is 8.59. The number of hydrogen-bond donors (Lipinski definition) is 1. The van der Waals surface area contributed by atoms with Crippen molar-refractivity contribution in [1.82, 2.24) is 14.9 Å². The topological polar surface area (TPSA) is 75.3 Å². The molecule has 1 N–H and O–H groups in total. The van der Waals surface area contributed by atoms with Gasteiger partial charge >= 0.3 is 0 Å². The van der Waals surface area contributed by atoms with Crippen LogP contribution in [0, 0.1) is 5.92 Å². The van der Waals surface area contributed by atoms with Crippen molar-refractivity contribution in [3.8, 4) is 5.75 Å². The molecular weight excluding hydrogens is 402 g/mol. The summed E-state index contributed by atoms with van der Waals surface area (Å²) in [5, 5.41) is 0.599. The van der Waals surface area contributed by atoms with Crippen molar-refractivity contribution in [2.75, 3.05) is 20.2 Å². The maximum atomic E-state index is 12.6. The lowest BCUT2D eigenvalue weighted by atomic mass is 9.90. The molecule has 0 radical (unpaired) electrons. The van der Waals surface area contributed by atoms with Crippen molar-refractivity contribution in [2.24, 2.45) is 5.92 Å². The van der Waals surface area contributed by atoms with Crippen molar-refractivity contribution in [1.29, 1.82) is 0 Å². The molecule has 2 aromatic carbocycles. The summed E-state index contributed by atoms with van der Waals surface area (Å²) in [7, 11) is 1.69. The van der Waals surface area contributed by atoms with Crippen LogP contribution in [0.25, 0.3) is 10.9 Å². The summed E-state index contributed by atoms with van der Waals surface area (Å²) in [6.45, 7) is 1.69. The van der Waals surface area contributed by atoms with Gasteiger partial charge in [-0.2, -0.15) is 0 Å². The number of aromatic nitrogens is 2. The van der Waals surface area contributed by atoms with Crippen LogP contribution in [-0.4, -0.2) is 41.0 Å². The van der Waals surface area contributed by atoms with E-state index in [2.05, 4.69) is 22.1 Å². The largest absolute Gasteiger partial charge is 0.497 e. The number of nitrogens with one attached hydrogen (secondary N) is 1. The van der Waals surface area contributed by atoms with E-state index in [1.54, 1.807) is 13.2 Å². The SMILES string of the molecule is COc1ccc(CCC2CCN(C(=O)CCCc3nc4ccccc4c(=O)[nH]3)CC2)cc1. The molecule has 0 aliphatic carbocycles. The fourth-order valence-corrected chi connectivity index (χ4v) is 4.45. The van der Waals surface area contributed by atoms with Gasteiger partial charge in [-0.1, -0.05) is 24.3 Å². The van der Waals surface area contributed by atoms with Crippen LogP contribution in [0.4, 0.5) is 0 Å². The van der Waals surface area contributed by atoms with E-state index in [0.717, 1.165) is 44.5 Å². The molecule has 2 heterocycles. The molecule has 168 valence electrons. The van der Waals surface area contributed by atoms with Crippen LogP contribution in [0.5, 0.6) is 5.75 Å². The maximum absolute atomic E-state index is 12.6. The number of nitrogens with zero attached hydrogens (tertiary/aromatic N) is 2. The Labute approximate surface area is 188 Å². The molecule has 4 rings (SSSR count). The molecule has 1 amide bonds. The summed E-state index contributed by atoms with van der Waals surface area (Å²) in [6.07, 6.45) is 6.16. The summed E-state index contributed by atoms with van der Waals surface area (Å²) >= 11 is 0. The summed E-state index contributed by atoms with van der Waals surface area (Å²) in [5.41, 5.74) is 1.92. The molecule has 6 nitrogen and oxygen atoms in total. The van der Waals surface area contributed by atoms with E-state index in [1.165, 1.54) is 5.56 Å². The molecule has 0 spiro atoms. The number of rotatable bonds is 8. The molecule has 6 heteroatoms. The summed E-state index contributed by atoms with van der Waals surface area (Å²) in [5.74, 6) is 2.43. The van der Waals surface area contributed by atoms with E-state index < -0.39 is 0 Å². The number of aryl methyl sites for hydroxylation is 2. The van der Waals surface area contributed by atoms with Crippen molar-refractivity contribution < 1.29 is 9.53 Å². The van der Waals surface area contributed by atoms with Gasteiger partial charge in [0.2, 0.25) is 5.91 Å². The summed E-state index contributed by atoms with van der Waals surface area (Å²) in [4.78, 5) is 34.2. The first-order chi connectivity index (χ1) is 15.6. The molecule has 0 saturated carbocycles. The summed E-state index contributed by atoms with van der Waals surface area (Å²) < 4.78 is 5.22. The number of carbonyl (C=O) groups excluding carboxylic acids is 1. The number of fused-ring (bicyclic) bond motifs is 1. The van der Waals surface area contributed by atoms with Gasteiger partial charge in [0.15, 0.2) is 0 Å². The highest BCUT2D eigenvalue weighted by Gasteiger charge is 2.22. The molecule has 1 fully saturated rings. The summed E-state index contributed by atoms with van der Waals surface area (Å²) in [6, 6.07) is 15.6. The number of piperidine rings is 1. The molecule has 32 heavy (non-hydrogen) atoms. The molecule has 1 aromatic heterocycles. The van der Waals surface area contributed by atoms with Crippen molar-refractivity contribution in [2.45, 2.75) is 44.9 Å². The predicted octanol–water partition coefficient (Wildman–Crippen LogP) is 4.13. The second-order valence-corrected chi connectivity index (χ2v) is 8.59. The highest BCUT2D eigenvalue weighted by atomic mass is 16.5. The fraction of sp³-hybridized carbons (Fsp3) is 0.423. The Bertz CT molecular complexity index is 1100. The Morgan fingerprint density at radius 1 is 1.09 bits per heavy atom. The van der Waals surface area contributed by atoms with Gasteiger partial charge in [0, 0.05) is 25.9 Å². The van der Waals surface area contributed by atoms with Crippen LogP contribution in [0.15, 0.2) is 53.3 Å². The minimum atomic E-state index is -0.117. The Kier molecular flexibility index (Phi) is 7.20. The quantitative estimate of drug-likeness (QED) is 0.580. The van der Waals surface area contributed by atoms with Gasteiger partial charge < -0.3 is 14.6 Å². The lowest BCUT2D eigenvalue weighted by molar-refractivity contribution is -0.132. The van der Waals surface area contributed by atoms with Crippen molar-refractivity contribution in [3.05, 3.63) is 70.3 Å². The zero-order valence-corrected chi connectivity index (χ0v) is 18.7. The Hall–Kier alpha value is -3.15. The van der Waals surface area contributed by atoms with E-state index in [1.807, 2.05) is 35.2 Å². The molecule has 1 aliphatic heterocycles. The van der Waals surface area contributed by atoms with E-state index >= 15 is 0 Å². The van der Waals surface area contributed by atoms with Crippen LogP contribution in [0.2, 0.25) is 0 Å². The van der Waals surface area contributed by atoms with Crippen LogP contribution >= 0.6 is 0 Å². The monoisotopic (exact) mass is 433 g/mol. The number of H-pyrrole nitrogens is 1. The zero-order chi connectivity index (χ0) is 22.3. The minimum Gasteiger partial charge on any atom is -0.497 e. The number of aromatic amines is 1. The number of likely N-dealkylation sites (tertiary alicyclic amines) is 1. The van der Waals surface area contributed by atoms with Crippen LogP contribution in [0.3, 0.4) is 0 Å². The van der Waals surface area contributed by atoms with Gasteiger partial charge in [-0.25, -0.2) is 4.98 Å². The third-order valence-corrected chi connectivity index (χ3v) is 6.43. The highest BCUT2D eigenvalue weighted by Crippen LogP contribution is 2.24. The number of para-hydroxylation sites is 1. The number of carbonyl (C=O) groups is 1. The average molecular weight is 434 g/mol. The first-order valence-corrected chi connectivity index (χ1v) is 11.5. The number of hydrogen-bond acceptors (Lipinski definition) is 4. The average Bonchev–Trinajstić information content (AvgIpc) is 2.83. The van der Waals surface area contributed by atoms with Crippen molar-refractivity contribution in [3.63, 3.8) is 0 Å². The molecule has 3 aromatic rings. The molecule has 0 unspecified atom stereocenters. The third-order valence-electron chi connectivity index (χ3n) is 6.43. The molecular formula is C26H31N3O3. The van der Waals surface area contributed by atoms with Crippen LogP contribution in [0.1, 0.15) is 43.5 Å². The van der Waals surface area contributed by atoms with E-state index in [0.29, 0.717) is 41.9 Å². The normalized spacial score (nSPS) is 14.6. The smallest absolute Gasteiger partial charge is 0.258 e. The zero-order valence-electron chi connectivity index (χ0n) is 18.7. The van der Waals surface area contributed by atoms with Crippen LogP contribution < -0.4 is 10.3 Å². The first-order valence-electron chi connectivity index (χ1n) is 11.5. The Morgan fingerprint density at radius 3 is 2.59 bits per heavy atom. The number of benzene rings is 2. The maximum Gasteiger partial charge on any atom is 0.258 e.